The largest absolute Gasteiger partial charge is 0.327 e. The molecule has 0 aromatic carbocycles. The predicted octanol–water partition coefficient (Wildman–Crippen LogP) is 0.776. The van der Waals surface area contributed by atoms with Crippen LogP contribution in [0.5, 0.6) is 0 Å². The molecule has 0 radical (unpaired) electrons. The van der Waals surface area contributed by atoms with Crippen molar-refractivity contribution in [2.45, 2.75) is 32.2 Å². The molecule has 0 aliphatic rings. The van der Waals surface area contributed by atoms with Crippen molar-refractivity contribution in [2.75, 3.05) is 11.5 Å². The van der Waals surface area contributed by atoms with Gasteiger partial charge < -0.3 is 5.73 Å². The first-order chi connectivity index (χ1) is 5.66. The minimum atomic E-state index is -0.788. The molecule has 12 heavy (non-hydrogen) atoms. The van der Waals surface area contributed by atoms with Crippen LogP contribution in [0, 0.1) is 11.3 Å². The van der Waals surface area contributed by atoms with Crippen molar-refractivity contribution >= 4 is 10.8 Å². The van der Waals surface area contributed by atoms with Crippen LogP contribution in [0.4, 0.5) is 0 Å². The van der Waals surface area contributed by atoms with E-state index in [1.807, 2.05) is 6.92 Å². The van der Waals surface area contributed by atoms with Gasteiger partial charge in [0, 0.05) is 34.8 Å². The molecule has 3 nitrogen and oxygen atoms in total. The van der Waals surface area contributed by atoms with E-state index in [0.717, 1.165) is 12.8 Å². The third-order valence-corrected chi connectivity index (χ3v) is 3.00. The SMILES string of the molecule is CC(N)CS(=O)CCCCC#N. The average Bonchev–Trinajstić information content (AvgIpc) is 1.97. The lowest BCUT2D eigenvalue weighted by atomic mass is 10.3. The normalized spacial score (nSPS) is 15.1. The Balaban J connectivity index is 3.27. The summed E-state index contributed by atoms with van der Waals surface area (Å²) in [6.45, 7) is 1.85. The van der Waals surface area contributed by atoms with Crippen LogP contribution in [0.1, 0.15) is 26.2 Å². The highest BCUT2D eigenvalue weighted by molar-refractivity contribution is 7.85. The van der Waals surface area contributed by atoms with Gasteiger partial charge in [0.05, 0.1) is 6.07 Å². The molecular weight excluding hydrogens is 172 g/mol. The Kier molecular flexibility index (Phi) is 7.02. The predicted molar refractivity (Wildman–Crippen MR) is 51.0 cm³/mol. The summed E-state index contributed by atoms with van der Waals surface area (Å²) >= 11 is 0. The van der Waals surface area contributed by atoms with E-state index >= 15 is 0 Å². The Morgan fingerprint density at radius 1 is 1.58 bits per heavy atom. The first-order valence-corrected chi connectivity index (χ1v) is 5.63. The topological polar surface area (TPSA) is 66.9 Å². The van der Waals surface area contributed by atoms with Crippen molar-refractivity contribution in [1.82, 2.24) is 0 Å². The molecule has 0 spiro atoms. The number of hydrogen-bond donors (Lipinski definition) is 1. The van der Waals surface area contributed by atoms with Crippen LogP contribution < -0.4 is 5.73 Å². The third-order valence-electron chi connectivity index (χ3n) is 1.36. The number of unbranched alkanes of at least 4 members (excludes halogenated alkanes) is 2. The maximum absolute atomic E-state index is 11.2. The molecular formula is C8H16N2OS. The van der Waals surface area contributed by atoms with Crippen molar-refractivity contribution in [3.05, 3.63) is 0 Å². The van der Waals surface area contributed by atoms with Crippen molar-refractivity contribution in [2.24, 2.45) is 5.73 Å². The second-order valence-electron chi connectivity index (χ2n) is 2.90. The zero-order valence-electron chi connectivity index (χ0n) is 7.45. The highest BCUT2D eigenvalue weighted by Gasteiger charge is 2.02. The van der Waals surface area contributed by atoms with Crippen molar-refractivity contribution < 1.29 is 4.21 Å². The summed E-state index contributed by atoms with van der Waals surface area (Å²) in [4.78, 5) is 0. The second-order valence-corrected chi connectivity index (χ2v) is 4.52. The maximum Gasteiger partial charge on any atom is 0.0621 e. The highest BCUT2D eigenvalue weighted by atomic mass is 32.2. The standard InChI is InChI=1S/C8H16N2OS/c1-8(10)7-12(11)6-4-2-3-5-9/h8H,2-4,6-7,10H2,1H3. The molecule has 0 aliphatic carbocycles. The smallest absolute Gasteiger partial charge is 0.0621 e. The summed E-state index contributed by atoms with van der Waals surface area (Å²) in [6.07, 6.45) is 2.28. The second kappa shape index (κ2) is 7.26. The number of nitriles is 1. The summed E-state index contributed by atoms with van der Waals surface area (Å²) in [6, 6.07) is 2.07. The van der Waals surface area contributed by atoms with Gasteiger partial charge in [-0.25, -0.2) is 0 Å². The summed E-state index contributed by atoms with van der Waals surface area (Å²) in [7, 11) is -0.788. The van der Waals surface area contributed by atoms with Gasteiger partial charge in [0.25, 0.3) is 0 Å². The molecule has 0 heterocycles. The van der Waals surface area contributed by atoms with E-state index < -0.39 is 10.8 Å². The van der Waals surface area contributed by atoms with Crippen LogP contribution in [0.3, 0.4) is 0 Å². The molecule has 0 bridgehead atoms. The molecule has 0 aliphatic heterocycles. The summed E-state index contributed by atoms with van der Waals surface area (Å²) in [5, 5.41) is 8.23. The lowest BCUT2D eigenvalue weighted by Gasteiger charge is -2.03. The van der Waals surface area contributed by atoms with E-state index in [1.165, 1.54) is 0 Å². The highest BCUT2D eigenvalue weighted by Crippen LogP contribution is 1.97. The molecule has 2 unspecified atom stereocenters. The third kappa shape index (κ3) is 7.70. The van der Waals surface area contributed by atoms with Crippen molar-refractivity contribution in [3.63, 3.8) is 0 Å². The van der Waals surface area contributed by atoms with Gasteiger partial charge in [-0.05, 0) is 19.8 Å². The van der Waals surface area contributed by atoms with Gasteiger partial charge in [-0.1, -0.05) is 0 Å². The molecule has 0 saturated heterocycles. The summed E-state index contributed by atoms with van der Waals surface area (Å²) in [5.41, 5.74) is 5.48. The number of rotatable bonds is 6. The molecule has 70 valence electrons. The first-order valence-electron chi connectivity index (χ1n) is 4.14. The minimum Gasteiger partial charge on any atom is -0.327 e. The number of nitrogens with zero attached hydrogens (tertiary/aromatic N) is 1. The van der Waals surface area contributed by atoms with Gasteiger partial charge in [-0.2, -0.15) is 5.26 Å². The van der Waals surface area contributed by atoms with Gasteiger partial charge in [0.2, 0.25) is 0 Å². The monoisotopic (exact) mass is 188 g/mol. The molecule has 0 saturated carbocycles. The van der Waals surface area contributed by atoms with Gasteiger partial charge in [0.15, 0.2) is 0 Å². The van der Waals surface area contributed by atoms with Gasteiger partial charge >= 0.3 is 0 Å². The van der Waals surface area contributed by atoms with E-state index in [9.17, 15) is 4.21 Å². The fraction of sp³-hybridized carbons (Fsp3) is 0.875. The van der Waals surface area contributed by atoms with Crippen molar-refractivity contribution in [1.29, 1.82) is 5.26 Å². The average molecular weight is 188 g/mol. The Morgan fingerprint density at radius 2 is 2.25 bits per heavy atom. The van der Waals surface area contributed by atoms with Crippen LogP contribution in [0.15, 0.2) is 0 Å². The van der Waals surface area contributed by atoms with Crippen molar-refractivity contribution in [3.8, 4) is 6.07 Å². The van der Waals surface area contributed by atoms with E-state index in [1.54, 1.807) is 0 Å². The molecule has 0 aromatic heterocycles. The zero-order chi connectivity index (χ0) is 9.40. The fourth-order valence-electron chi connectivity index (χ4n) is 0.844. The molecule has 4 heteroatoms. The van der Waals surface area contributed by atoms with E-state index in [-0.39, 0.29) is 6.04 Å². The van der Waals surface area contributed by atoms with Crippen LogP contribution in [0.2, 0.25) is 0 Å². The quantitative estimate of drug-likeness (QED) is 0.626. The van der Waals surface area contributed by atoms with Gasteiger partial charge in [-0.3, -0.25) is 4.21 Å². The minimum absolute atomic E-state index is 0.0156. The first kappa shape index (κ1) is 11.6. The summed E-state index contributed by atoms with van der Waals surface area (Å²) in [5.74, 6) is 1.26. The number of hydrogen-bond acceptors (Lipinski definition) is 3. The molecule has 2 N–H and O–H groups in total. The van der Waals surface area contributed by atoms with Crippen LogP contribution in [-0.4, -0.2) is 21.8 Å². The van der Waals surface area contributed by atoms with Crippen LogP contribution >= 0.6 is 0 Å². The lowest BCUT2D eigenvalue weighted by molar-refractivity contribution is 0.671. The Labute approximate surface area is 76.4 Å². The van der Waals surface area contributed by atoms with E-state index in [0.29, 0.717) is 17.9 Å². The lowest BCUT2D eigenvalue weighted by Crippen LogP contribution is -2.24. The van der Waals surface area contributed by atoms with E-state index in [2.05, 4.69) is 6.07 Å². The van der Waals surface area contributed by atoms with Crippen LogP contribution in [-0.2, 0) is 10.8 Å². The Hall–Kier alpha value is -0.400. The van der Waals surface area contributed by atoms with Crippen LogP contribution in [0.25, 0.3) is 0 Å². The molecule has 2 atom stereocenters. The van der Waals surface area contributed by atoms with E-state index in [4.69, 9.17) is 11.0 Å². The number of nitrogens with two attached hydrogens (primary N) is 1. The summed E-state index contributed by atoms with van der Waals surface area (Å²) < 4.78 is 11.2. The van der Waals surface area contributed by atoms with Gasteiger partial charge in [0.1, 0.15) is 0 Å². The molecule has 0 aromatic rings. The zero-order valence-corrected chi connectivity index (χ0v) is 8.27. The molecule has 0 fully saturated rings. The molecule has 0 amide bonds. The maximum atomic E-state index is 11.2. The molecule has 0 rings (SSSR count). The fourth-order valence-corrected chi connectivity index (χ4v) is 2.12. The van der Waals surface area contributed by atoms with Gasteiger partial charge in [-0.15, -0.1) is 0 Å². The Bertz CT molecular complexity index is 174. The Morgan fingerprint density at radius 3 is 2.75 bits per heavy atom.